The van der Waals surface area contributed by atoms with Crippen molar-refractivity contribution in [1.29, 1.82) is 0 Å². The number of hydrogen-bond donors (Lipinski definition) is 0. The van der Waals surface area contributed by atoms with Crippen molar-refractivity contribution < 1.29 is 4.74 Å². The van der Waals surface area contributed by atoms with Crippen LogP contribution >= 0.6 is 15.9 Å². The summed E-state index contributed by atoms with van der Waals surface area (Å²) in [6.07, 6.45) is 12.2. The molecular weight excluding hydrogens is 312 g/mol. The van der Waals surface area contributed by atoms with Gasteiger partial charge in [0.25, 0.3) is 0 Å². The molecule has 0 N–H and O–H groups in total. The summed E-state index contributed by atoms with van der Waals surface area (Å²) in [5.41, 5.74) is 0.598. The van der Waals surface area contributed by atoms with Gasteiger partial charge in [0.05, 0.1) is 12.2 Å². The lowest BCUT2D eigenvalue weighted by atomic mass is 9.69. The maximum atomic E-state index is 6.47. The number of alkyl halides is 1. The number of hydrogen-bond acceptors (Lipinski definition) is 1. The molecule has 0 amide bonds. The van der Waals surface area contributed by atoms with E-state index in [1.54, 1.807) is 0 Å². The molecule has 2 heteroatoms. The van der Waals surface area contributed by atoms with Crippen LogP contribution in [0.1, 0.15) is 78.6 Å². The van der Waals surface area contributed by atoms with Crippen LogP contribution in [0.2, 0.25) is 0 Å². The van der Waals surface area contributed by atoms with E-state index in [2.05, 4.69) is 36.7 Å². The lowest BCUT2D eigenvalue weighted by molar-refractivity contribution is -0.0843. The zero-order chi connectivity index (χ0) is 14.6. The zero-order valence-electron chi connectivity index (χ0n) is 13.7. The molecule has 2 fully saturated rings. The molecule has 2 aliphatic rings. The Morgan fingerprint density at radius 2 is 1.60 bits per heavy atom. The van der Waals surface area contributed by atoms with E-state index in [4.69, 9.17) is 4.74 Å². The van der Waals surface area contributed by atoms with Crippen molar-refractivity contribution in [1.82, 2.24) is 0 Å². The van der Waals surface area contributed by atoms with E-state index >= 15 is 0 Å². The number of halogens is 1. The van der Waals surface area contributed by atoms with Gasteiger partial charge in [-0.3, -0.25) is 0 Å². The Labute approximate surface area is 134 Å². The fourth-order valence-corrected chi connectivity index (χ4v) is 4.70. The highest BCUT2D eigenvalue weighted by Gasteiger charge is 2.39. The van der Waals surface area contributed by atoms with E-state index in [0.717, 1.165) is 23.8 Å². The molecule has 0 heterocycles. The second-order valence-corrected chi connectivity index (χ2v) is 8.83. The molecule has 2 aliphatic carbocycles. The molecule has 0 saturated heterocycles. The van der Waals surface area contributed by atoms with Crippen LogP contribution < -0.4 is 0 Å². The van der Waals surface area contributed by atoms with Crippen molar-refractivity contribution in [3.05, 3.63) is 0 Å². The van der Waals surface area contributed by atoms with E-state index in [1.165, 1.54) is 57.8 Å². The Hall–Kier alpha value is 0.440. The topological polar surface area (TPSA) is 9.23 Å². The molecule has 0 aromatic carbocycles. The monoisotopic (exact) mass is 344 g/mol. The van der Waals surface area contributed by atoms with E-state index in [-0.39, 0.29) is 5.60 Å². The number of ether oxygens (including phenoxy) is 1. The molecule has 2 saturated carbocycles. The maximum absolute atomic E-state index is 6.47. The summed E-state index contributed by atoms with van der Waals surface area (Å²) in [7, 11) is 0. The van der Waals surface area contributed by atoms with Gasteiger partial charge < -0.3 is 4.74 Å². The van der Waals surface area contributed by atoms with Crippen molar-refractivity contribution in [2.75, 3.05) is 11.9 Å². The lowest BCUT2D eigenvalue weighted by Crippen LogP contribution is -2.42. The van der Waals surface area contributed by atoms with E-state index in [9.17, 15) is 0 Å². The summed E-state index contributed by atoms with van der Waals surface area (Å²) in [5.74, 6) is 1.70. The highest BCUT2D eigenvalue weighted by atomic mass is 79.9. The lowest BCUT2D eigenvalue weighted by Gasteiger charge is -2.44. The van der Waals surface area contributed by atoms with Gasteiger partial charge in [0.2, 0.25) is 0 Å². The van der Waals surface area contributed by atoms with Crippen LogP contribution in [-0.4, -0.2) is 17.5 Å². The van der Waals surface area contributed by atoms with Crippen LogP contribution in [0.15, 0.2) is 0 Å². The summed E-state index contributed by atoms with van der Waals surface area (Å²) >= 11 is 3.74. The Bertz CT molecular complexity index is 280. The molecule has 0 aromatic heterocycles. The standard InChI is InChI=1S/C18H33BrO/c1-17(2,3)16-9-11-18(14-19,12-10-16)20-13-15-7-5-4-6-8-15/h15-16H,4-14H2,1-3H3. The smallest absolute Gasteiger partial charge is 0.0779 e. The normalized spacial score (nSPS) is 33.3. The van der Waals surface area contributed by atoms with E-state index in [1.807, 2.05) is 0 Å². The third-order valence-corrected chi connectivity index (χ3v) is 6.74. The molecule has 1 nitrogen and oxygen atoms in total. The molecule has 0 aromatic rings. The maximum Gasteiger partial charge on any atom is 0.0779 e. The largest absolute Gasteiger partial charge is 0.374 e. The Balaban J connectivity index is 1.82. The van der Waals surface area contributed by atoms with Crippen LogP contribution in [0.3, 0.4) is 0 Å². The van der Waals surface area contributed by atoms with Crippen LogP contribution in [0.25, 0.3) is 0 Å². The summed E-state index contributed by atoms with van der Waals surface area (Å²) in [6, 6.07) is 0. The summed E-state index contributed by atoms with van der Waals surface area (Å²) in [6.45, 7) is 8.18. The van der Waals surface area contributed by atoms with Gasteiger partial charge >= 0.3 is 0 Å². The average molecular weight is 345 g/mol. The Kier molecular flexibility index (Phi) is 5.99. The minimum atomic E-state index is 0.138. The molecule has 0 atom stereocenters. The summed E-state index contributed by atoms with van der Waals surface area (Å²) in [4.78, 5) is 0. The molecular formula is C18H33BrO. The van der Waals surface area contributed by atoms with Gasteiger partial charge in [-0.2, -0.15) is 0 Å². The second kappa shape index (κ2) is 7.13. The highest BCUT2D eigenvalue weighted by Crippen LogP contribution is 2.44. The molecule has 0 aliphatic heterocycles. The first kappa shape index (κ1) is 16.8. The zero-order valence-corrected chi connectivity index (χ0v) is 15.3. The van der Waals surface area contributed by atoms with E-state index in [0.29, 0.717) is 5.41 Å². The van der Waals surface area contributed by atoms with Crippen molar-refractivity contribution in [3.63, 3.8) is 0 Å². The summed E-state index contributed by atoms with van der Waals surface area (Å²) < 4.78 is 6.47. The van der Waals surface area contributed by atoms with Crippen LogP contribution in [0, 0.1) is 17.3 Å². The molecule has 2 rings (SSSR count). The van der Waals surface area contributed by atoms with Gasteiger partial charge in [-0.15, -0.1) is 0 Å². The first-order chi connectivity index (χ1) is 9.45. The minimum Gasteiger partial charge on any atom is -0.374 e. The SMILES string of the molecule is CC(C)(C)C1CCC(CBr)(OCC2CCCCC2)CC1. The average Bonchev–Trinajstić information content (AvgIpc) is 2.46. The van der Waals surface area contributed by atoms with Crippen LogP contribution in [0.4, 0.5) is 0 Å². The predicted octanol–water partition coefficient (Wildman–Crippen LogP) is 5.95. The summed E-state index contributed by atoms with van der Waals surface area (Å²) in [5, 5.41) is 1.02. The predicted molar refractivity (Wildman–Crippen MR) is 90.5 cm³/mol. The van der Waals surface area contributed by atoms with Crippen LogP contribution in [-0.2, 0) is 4.74 Å². The molecule has 118 valence electrons. The van der Waals surface area contributed by atoms with Gasteiger partial charge in [0.15, 0.2) is 0 Å². The second-order valence-electron chi connectivity index (χ2n) is 8.27. The first-order valence-electron chi connectivity index (χ1n) is 8.65. The van der Waals surface area contributed by atoms with Crippen molar-refractivity contribution >= 4 is 15.9 Å². The third kappa shape index (κ3) is 4.47. The van der Waals surface area contributed by atoms with Gasteiger partial charge in [-0.25, -0.2) is 0 Å². The Morgan fingerprint density at radius 3 is 2.10 bits per heavy atom. The van der Waals surface area contributed by atoms with Crippen molar-refractivity contribution in [3.8, 4) is 0 Å². The van der Waals surface area contributed by atoms with Gasteiger partial charge in [-0.05, 0) is 55.8 Å². The quantitative estimate of drug-likeness (QED) is 0.572. The molecule has 0 bridgehead atoms. The van der Waals surface area contributed by atoms with Crippen molar-refractivity contribution in [2.24, 2.45) is 17.3 Å². The van der Waals surface area contributed by atoms with Gasteiger partial charge in [-0.1, -0.05) is 56.0 Å². The fourth-order valence-electron chi connectivity index (χ4n) is 3.97. The highest BCUT2D eigenvalue weighted by molar-refractivity contribution is 9.09. The van der Waals surface area contributed by atoms with Gasteiger partial charge in [0, 0.05) is 5.33 Å². The fraction of sp³-hybridized carbons (Fsp3) is 1.00. The molecule has 0 unspecified atom stereocenters. The molecule has 0 spiro atoms. The molecule has 20 heavy (non-hydrogen) atoms. The minimum absolute atomic E-state index is 0.138. The molecule has 0 radical (unpaired) electrons. The number of rotatable bonds is 4. The van der Waals surface area contributed by atoms with E-state index < -0.39 is 0 Å². The van der Waals surface area contributed by atoms with Crippen LogP contribution in [0.5, 0.6) is 0 Å². The van der Waals surface area contributed by atoms with Crippen molar-refractivity contribution in [2.45, 2.75) is 84.2 Å². The first-order valence-corrected chi connectivity index (χ1v) is 9.77. The Morgan fingerprint density at radius 1 is 1.00 bits per heavy atom. The third-order valence-electron chi connectivity index (χ3n) is 5.72. The van der Waals surface area contributed by atoms with Gasteiger partial charge in [0.1, 0.15) is 0 Å².